The van der Waals surface area contributed by atoms with Crippen molar-refractivity contribution >= 4 is 23.8 Å². The number of anilines is 1. The molecular weight excluding hydrogens is 380 g/mol. The fourth-order valence-electron chi connectivity index (χ4n) is 3.37. The SMILES string of the molecule is COC(=O)c1cccc(-c2ccc3c(n2)NC(c2cccc(C(=O)OC)c2)C=C3)c1. The van der Waals surface area contributed by atoms with Gasteiger partial charge in [0.05, 0.1) is 37.1 Å². The summed E-state index contributed by atoms with van der Waals surface area (Å²) in [6.45, 7) is 0. The summed E-state index contributed by atoms with van der Waals surface area (Å²) < 4.78 is 9.61. The number of aromatic nitrogens is 1. The van der Waals surface area contributed by atoms with Gasteiger partial charge in [-0.3, -0.25) is 0 Å². The van der Waals surface area contributed by atoms with Crippen molar-refractivity contribution in [2.24, 2.45) is 0 Å². The predicted molar refractivity (Wildman–Crippen MR) is 114 cm³/mol. The van der Waals surface area contributed by atoms with Crippen molar-refractivity contribution in [3.63, 3.8) is 0 Å². The fraction of sp³-hybridized carbons (Fsp3) is 0.125. The van der Waals surface area contributed by atoms with Crippen molar-refractivity contribution in [2.45, 2.75) is 6.04 Å². The number of hydrogen-bond acceptors (Lipinski definition) is 6. The molecule has 1 aliphatic heterocycles. The molecule has 2 aromatic carbocycles. The maximum atomic E-state index is 11.8. The van der Waals surface area contributed by atoms with Gasteiger partial charge in [-0.2, -0.15) is 0 Å². The Labute approximate surface area is 174 Å². The van der Waals surface area contributed by atoms with E-state index >= 15 is 0 Å². The summed E-state index contributed by atoms with van der Waals surface area (Å²) in [5.74, 6) is -0.0312. The number of methoxy groups -OCH3 is 2. The van der Waals surface area contributed by atoms with E-state index in [4.69, 9.17) is 14.5 Å². The third-order valence-electron chi connectivity index (χ3n) is 4.93. The van der Waals surface area contributed by atoms with Crippen molar-refractivity contribution < 1.29 is 19.1 Å². The molecular formula is C24H20N2O4. The lowest BCUT2D eigenvalue weighted by molar-refractivity contribution is 0.0592. The number of fused-ring (bicyclic) bond motifs is 1. The van der Waals surface area contributed by atoms with Gasteiger partial charge in [-0.05, 0) is 42.0 Å². The summed E-state index contributed by atoms with van der Waals surface area (Å²) in [7, 11) is 2.72. The molecule has 1 aromatic heterocycles. The minimum Gasteiger partial charge on any atom is -0.465 e. The molecule has 0 bridgehead atoms. The molecule has 4 rings (SSSR count). The molecule has 0 saturated carbocycles. The third-order valence-corrected chi connectivity index (χ3v) is 4.93. The maximum absolute atomic E-state index is 11.8. The lowest BCUT2D eigenvalue weighted by Crippen LogP contribution is -2.14. The number of hydrogen-bond donors (Lipinski definition) is 1. The molecule has 150 valence electrons. The largest absolute Gasteiger partial charge is 0.465 e. The lowest BCUT2D eigenvalue weighted by Gasteiger charge is -2.22. The average molecular weight is 400 g/mol. The van der Waals surface area contributed by atoms with Crippen LogP contribution < -0.4 is 5.32 Å². The van der Waals surface area contributed by atoms with Crippen molar-refractivity contribution in [2.75, 3.05) is 19.5 Å². The van der Waals surface area contributed by atoms with Gasteiger partial charge < -0.3 is 14.8 Å². The molecule has 1 atom stereocenters. The summed E-state index contributed by atoms with van der Waals surface area (Å²) in [5, 5.41) is 3.41. The standard InChI is InChI=1S/C24H20N2O4/c1-29-23(27)18-7-3-5-16(13-18)20-11-9-15-10-12-21(26-22(15)25-20)17-6-4-8-19(14-17)24(28)30-2/h3-14,20H,1-2H3,(H,25,26). The van der Waals surface area contributed by atoms with E-state index in [0.717, 1.165) is 28.2 Å². The topological polar surface area (TPSA) is 77.5 Å². The quantitative estimate of drug-likeness (QED) is 0.650. The number of nitrogens with one attached hydrogen (secondary N) is 1. The molecule has 0 aliphatic carbocycles. The van der Waals surface area contributed by atoms with Crippen LogP contribution in [0.25, 0.3) is 17.3 Å². The van der Waals surface area contributed by atoms with Crippen LogP contribution in [0.3, 0.4) is 0 Å². The molecule has 0 amide bonds. The second-order valence-electron chi connectivity index (χ2n) is 6.80. The van der Waals surface area contributed by atoms with Crippen molar-refractivity contribution in [1.29, 1.82) is 0 Å². The molecule has 1 unspecified atom stereocenters. The highest BCUT2D eigenvalue weighted by Gasteiger charge is 2.18. The highest BCUT2D eigenvalue weighted by atomic mass is 16.5. The first kappa shape index (κ1) is 19.4. The van der Waals surface area contributed by atoms with Crippen LogP contribution >= 0.6 is 0 Å². The van der Waals surface area contributed by atoms with Gasteiger partial charge in [0.15, 0.2) is 0 Å². The van der Waals surface area contributed by atoms with Crippen LogP contribution in [-0.4, -0.2) is 31.1 Å². The van der Waals surface area contributed by atoms with Gasteiger partial charge in [-0.1, -0.05) is 36.4 Å². The monoisotopic (exact) mass is 400 g/mol. The van der Waals surface area contributed by atoms with Crippen LogP contribution in [0.5, 0.6) is 0 Å². The van der Waals surface area contributed by atoms with E-state index in [0.29, 0.717) is 11.1 Å². The second-order valence-corrected chi connectivity index (χ2v) is 6.80. The van der Waals surface area contributed by atoms with Crippen molar-refractivity contribution in [3.05, 3.63) is 89.0 Å². The van der Waals surface area contributed by atoms with Crippen molar-refractivity contribution in [1.82, 2.24) is 4.98 Å². The molecule has 3 aromatic rings. The summed E-state index contributed by atoms with van der Waals surface area (Å²) in [4.78, 5) is 28.4. The minimum absolute atomic E-state index is 0.133. The number of rotatable bonds is 4. The molecule has 0 radical (unpaired) electrons. The third kappa shape index (κ3) is 3.80. The Hall–Kier alpha value is -3.93. The predicted octanol–water partition coefficient (Wildman–Crippen LogP) is 4.50. The van der Waals surface area contributed by atoms with Crippen LogP contribution in [0.4, 0.5) is 5.82 Å². The van der Waals surface area contributed by atoms with Crippen LogP contribution in [-0.2, 0) is 9.47 Å². The number of nitrogens with zero attached hydrogens (tertiary/aromatic N) is 1. The van der Waals surface area contributed by atoms with Crippen LogP contribution in [0.1, 0.15) is 37.9 Å². The number of pyridine rings is 1. The molecule has 2 heterocycles. The highest BCUT2D eigenvalue weighted by molar-refractivity contribution is 5.91. The Bertz CT molecular complexity index is 1150. The van der Waals surface area contributed by atoms with E-state index in [9.17, 15) is 9.59 Å². The Morgan fingerprint density at radius 3 is 2.33 bits per heavy atom. The Balaban J connectivity index is 1.63. The summed E-state index contributed by atoms with van der Waals surface area (Å²) in [6.07, 6.45) is 4.03. The van der Waals surface area contributed by atoms with E-state index in [1.54, 1.807) is 24.3 Å². The second kappa shape index (κ2) is 8.21. The first-order valence-electron chi connectivity index (χ1n) is 9.42. The molecule has 30 heavy (non-hydrogen) atoms. The molecule has 0 spiro atoms. The van der Waals surface area contributed by atoms with E-state index in [2.05, 4.69) is 5.32 Å². The first-order valence-corrected chi connectivity index (χ1v) is 9.42. The van der Waals surface area contributed by atoms with E-state index in [-0.39, 0.29) is 18.0 Å². The minimum atomic E-state index is -0.388. The lowest BCUT2D eigenvalue weighted by atomic mass is 9.99. The van der Waals surface area contributed by atoms with Crippen LogP contribution in [0.2, 0.25) is 0 Å². The van der Waals surface area contributed by atoms with Crippen LogP contribution in [0.15, 0.2) is 66.7 Å². The van der Waals surface area contributed by atoms with Gasteiger partial charge in [-0.15, -0.1) is 0 Å². The number of esters is 2. The maximum Gasteiger partial charge on any atom is 0.337 e. The Morgan fingerprint density at radius 1 is 0.900 bits per heavy atom. The molecule has 1 aliphatic rings. The first-order chi connectivity index (χ1) is 14.6. The number of carbonyl (C=O) groups is 2. The normalized spacial score (nSPS) is 14.4. The smallest absolute Gasteiger partial charge is 0.337 e. The summed E-state index contributed by atoms with van der Waals surface area (Å²) in [5.41, 5.74) is 4.42. The summed E-state index contributed by atoms with van der Waals surface area (Å²) in [6, 6.07) is 18.2. The number of benzene rings is 2. The number of ether oxygens (including phenoxy) is 2. The number of carbonyl (C=O) groups excluding carboxylic acids is 2. The molecule has 1 N–H and O–H groups in total. The summed E-state index contributed by atoms with van der Waals surface area (Å²) >= 11 is 0. The Kier molecular flexibility index (Phi) is 5.30. The van der Waals surface area contributed by atoms with E-state index < -0.39 is 0 Å². The fourth-order valence-corrected chi connectivity index (χ4v) is 3.37. The van der Waals surface area contributed by atoms with E-state index in [1.807, 2.05) is 48.6 Å². The van der Waals surface area contributed by atoms with Gasteiger partial charge in [0.2, 0.25) is 0 Å². The molecule has 6 nitrogen and oxygen atoms in total. The van der Waals surface area contributed by atoms with Gasteiger partial charge in [0.25, 0.3) is 0 Å². The van der Waals surface area contributed by atoms with Crippen molar-refractivity contribution in [3.8, 4) is 11.3 Å². The van der Waals surface area contributed by atoms with Crippen LogP contribution in [0, 0.1) is 0 Å². The molecule has 0 fully saturated rings. The van der Waals surface area contributed by atoms with Gasteiger partial charge in [-0.25, -0.2) is 14.6 Å². The zero-order valence-corrected chi connectivity index (χ0v) is 16.6. The van der Waals surface area contributed by atoms with E-state index in [1.165, 1.54) is 14.2 Å². The Morgan fingerprint density at radius 2 is 1.60 bits per heavy atom. The van der Waals surface area contributed by atoms with Gasteiger partial charge in [0.1, 0.15) is 5.82 Å². The molecule has 6 heteroatoms. The van der Waals surface area contributed by atoms with Gasteiger partial charge in [0, 0.05) is 11.1 Å². The zero-order valence-electron chi connectivity index (χ0n) is 16.6. The average Bonchev–Trinajstić information content (AvgIpc) is 2.82. The zero-order chi connectivity index (χ0) is 21.1. The highest BCUT2D eigenvalue weighted by Crippen LogP contribution is 2.31. The molecule has 0 saturated heterocycles. The van der Waals surface area contributed by atoms with Gasteiger partial charge >= 0.3 is 11.9 Å².